The Morgan fingerprint density at radius 1 is 0.657 bits per heavy atom. The summed E-state index contributed by atoms with van der Waals surface area (Å²) in [6.07, 6.45) is 7.07. The van der Waals surface area contributed by atoms with Crippen molar-refractivity contribution in [2.24, 2.45) is 0 Å². The van der Waals surface area contributed by atoms with Gasteiger partial charge in [-0.25, -0.2) is 8.42 Å². The monoisotopic (exact) mass is 514 g/mol. The van der Waals surface area contributed by atoms with E-state index in [9.17, 15) is 13.2 Å². The Kier molecular flexibility index (Phi) is 12.6. The van der Waals surface area contributed by atoms with Gasteiger partial charge in [0.15, 0.2) is 9.84 Å². The molecule has 0 aromatic heterocycles. The summed E-state index contributed by atoms with van der Waals surface area (Å²) in [5, 5.41) is 0. The summed E-state index contributed by atoms with van der Waals surface area (Å²) in [4.78, 5) is 12.3. The van der Waals surface area contributed by atoms with Crippen LogP contribution in [0.1, 0.15) is 49.7 Å². The van der Waals surface area contributed by atoms with E-state index >= 15 is 0 Å². The van der Waals surface area contributed by atoms with Gasteiger partial charge in [-0.05, 0) is 67.5 Å². The lowest BCUT2D eigenvalue weighted by Gasteiger charge is -2.08. The molecule has 3 aromatic rings. The van der Waals surface area contributed by atoms with E-state index in [1.807, 2.05) is 18.2 Å². The van der Waals surface area contributed by atoms with E-state index in [0.717, 1.165) is 50.7 Å². The van der Waals surface area contributed by atoms with Crippen molar-refractivity contribution in [2.75, 3.05) is 12.4 Å². The Hall–Kier alpha value is -2.63. The summed E-state index contributed by atoms with van der Waals surface area (Å²) in [5.41, 5.74) is 2.62. The number of Topliss-reactive ketones (excluding diaryl/α,β-unsaturated/α-hetero) is 1. The number of carbonyl (C=O) groups excluding carboxylic acids is 1. The zero-order valence-electron chi connectivity index (χ0n) is 20.1. The Balaban J connectivity index is 0.00000432. The largest absolute Gasteiger partial charge is 0.494 e. The maximum Gasteiger partial charge on any atom is 0.185 e. The summed E-state index contributed by atoms with van der Waals surface area (Å²) < 4.78 is 30.4. The quantitative estimate of drug-likeness (QED) is 0.213. The second kappa shape index (κ2) is 15.4. The first-order chi connectivity index (χ1) is 16.5. The summed E-state index contributed by atoms with van der Waals surface area (Å²) in [5.74, 6) is 0.293. The Morgan fingerprint density at radius 3 is 1.91 bits per heavy atom. The summed E-state index contributed by atoms with van der Waals surface area (Å²) in [6, 6.07) is 26.9. The van der Waals surface area contributed by atoms with E-state index in [-0.39, 0.29) is 23.1 Å². The third-order valence-electron chi connectivity index (χ3n) is 5.77. The SMILES string of the molecule is Cl.O=C(CCCCCCc1ccc(OCCCc2ccccc2)cc1)CS(=O)(=O)c1ccccc1. The normalized spacial score (nSPS) is 11.0. The number of carbonyl (C=O) groups is 1. The zero-order valence-corrected chi connectivity index (χ0v) is 21.7. The number of ether oxygens (including phenoxy) is 1. The van der Waals surface area contributed by atoms with E-state index in [1.165, 1.54) is 23.3 Å². The van der Waals surface area contributed by atoms with E-state index in [2.05, 4.69) is 36.4 Å². The first-order valence-electron chi connectivity index (χ1n) is 12.1. The Labute approximate surface area is 216 Å². The molecule has 188 valence electrons. The van der Waals surface area contributed by atoms with Gasteiger partial charge in [0, 0.05) is 6.42 Å². The number of hydrogen-bond acceptors (Lipinski definition) is 4. The molecule has 0 radical (unpaired) electrons. The molecule has 0 heterocycles. The van der Waals surface area contributed by atoms with E-state index in [0.29, 0.717) is 13.0 Å². The molecule has 0 N–H and O–H groups in total. The number of hydrogen-bond donors (Lipinski definition) is 0. The lowest BCUT2D eigenvalue weighted by Crippen LogP contribution is -2.16. The minimum Gasteiger partial charge on any atom is -0.494 e. The molecule has 0 amide bonds. The smallest absolute Gasteiger partial charge is 0.185 e. The van der Waals surface area contributed by atoms with Gasteiger partial charge in [-0.3, -0.25) is 4.79 Å². The standard InChI is InChI=1S/C29H34O4S.ClH/c30-27(24-34(31,32)29-17-9-4-10-18-29)16-8-2-1-5-14-26-19-21-28(22-20-26)33-23-11-15-25-12-6-3-7-13-25;/h3-4,6-7,9-10,12-13,17-22H,1-2,5,8,11,14-16,23-24H2;1H. The molecular formula is C29H35ClO4S. The fourth-order valence-electron chi connectivity index (χ4n) is 3.86. The average molecular weight is 515 g/mol. The predicted molar refractivity (Wildman–Crippen MR) is 144 cm³/mol. The fraction of sp³-hybridized carbons (Fsp3) is 0.345. The molecule has 4 nitrogen and oxygen atoms in total. The number of unbranched alkanes of at least 4 members (excludes halogenated alkanes) is 3. The summed E-state index contributed by atoms with van der Waals surface area (Å²) in [6.45, 7) is 0.708. The van der Waals surface area contributed by atoms with Gasteiger partial charge in [0.2, 0.25) is 0 Å². The van der Waals surface area contributed by atoms with Crippen LogP contribution >= 0.6 is 12.4 Å². The van der Waals surface area contributed by atoms with Crippen LogP contribution in [0.2, 0.25) is 0 Å². The molecule has 0 bridgehead atoms. The van der Waals surface area contributed by atoms with E-state index in [4.69, 9.17) is 4.74 Å². The number of benzene rings is 3. The molecule has 6 heteroatoms. The van der Waals surface area contributed by atoms with Gasteiger partial charge < -0.3 is 4.74 Å². The molecule has 0 aliphatic rings. The van der Waals surface area contributed by atoms with Crippen LogP contribution in [0.4, 0.5) is 0 Å². The molecule has 3 rings (SSSR count). The van der Waals surface area contributed by atoms with Crippen molar-refractivity contribution in [3.8, 4) is 5.75 Å². The lowest BCUT2D eigenvalue weighted by molar-refractivity contribution is -0.116. The van der Waals surface area contributed by atoms with E-state index < -0.39 is 15.6 Å². The van der Waals surface area contributed by atoms with Gasteiger partial charge in [0.25, 0.3) is 0 Å². The molecular weight excluding hydrogens is 480 g/mol. The maximum atomic E-state index is 12.3. The molecule has 0 aliphatic heterocycles. The van der Waals surface area contributed by atoms with Crippen LogP contribution in [0.25, 0.3) is 0 Å². The zero-order chi connectivity index (χ0) is 24.1. The van der Waals surface area contributed by atoms with Gasteiger partial charge in [-0.1, -0.05) is 73.5 Å². The van der Waals surface area contributed by atoms with Crippen molar-refractivity contribution < 1.29 is 17.9 Å². The van der Waals surface area contributed by atoms with Gasteiger partial charge in [0.05, 0.1) is 11.5 Å². The first kappa shape index (κ1) is 28.6. The van der Waals surface area contributed by atoms with Crippen molar-refractivity contribution in [3.05, 3.63) is 96.1 Å². The van der Waals surface area contributed by atoms with Crippen LogP contribution in [-0.4, -0.2) is 26.6 Å². The first-order valence-corrected chi connectivity index (χ1v) is 13.7. The van der Waals surface area contributed by atoms with Crippen molar-refractivity contribution in [3.63, 3.8) is 0 Å². The number of rotatable bonds is 15. The van der Waals surface area contributed by atoms with Crippen molar-refractivity contribution in [2.45, 2.75) is 56.3 Å². The summed E-state index contributed by atoms with van der Waals surface area (Å²) >= 11 is 0. The van der Waals surface area contributed by atoms with Gasteiger partial charge >= 0.3 is 0 Å². The predicted octanol–water partition coefficient (Wildman–Crippen LogP) is 6.66. The van der Waals surface area contributed by atoms with Crippen LogP contribution < -0.4 is 4.74 Å². The second-order valence-electron chi connectivity index (χ2n) is 8.61. The van der Waals surface area contributed by atoms with Crippen LogP contribution in [0.5, 0.6) is 5.75 Å². The molecule has 0 fully saturated rings. The third-order valence-corrected chi connectivity index (χ3v) is 7.46. The number of halogens is 1. The van der Waals surface area contributed by atoms with Crippen LogP contribution in [0.3, 0.4) is 0 Å². The third kappa shape index (κ3) is 10.7. The highest BCUT2D eigenvalue weighted by atomic mass is 35.5. The second-order valence-corrected chi connectivity index (χ2v) is 10.6. The van der Waals surface area contributed by atoms with Crippen LogP contribution in [0, 0.1) is 0 Å². The topological polar surface area (TPSA) is 60.4 Å². The highest BCUT2D eigenvalue weighted by Gasteiger charge is 2.18. The average Bonchev–Trinajstić information content (AvgIpc) is 2.86. The van der Waals surface area contributed by atoms with Gasteiger partial charge in [-0.2, -0.15) is 0 Å². The number of aryl methyl sites for hydroxylation is 2. The molecule has 0 spiro atoms. The molecule has 0 saturated heterocycles. The van der Waals surface area contributed by atoms with Crippen LogP contribution in [-0.2, 0) is 27.5 Å². The number of ketones is 1. The van der Waals surface area contributed by atoms with Crippen molar-refractivity contribution in [1.82, 2.24) is 0 Å². The molecule has 0 aliphatic carbocycles. The van der Waals surface area contributed by atoms with Crippen molar-refractivity contribution in [1.29, 1.82) is 0 Å². The Morgan fingerprint density at radius 2 is 1.23 bits per heavy atom. The fourth-order valence-corrected chi connectivity index (χ4v) is 5.17. The Bertz CT molecular complexity index is 1100. The number of sulfone groups is 1. The minimum absolute atomic E-state index is 0. The molecule has 35 heavy (non-hydrogen) atoms. The summed E-state index contributed by atoms with van der Waals surface area (Å²) in [7, 11) is -3.53. The highest BCUT2D eigenvalue weighted by Crippen LogP contribution is 2.16. The minimum atomic E-state index is -3.53. The molecule has 0 saturated carbocycles. The van der Waals surface area contributed by atoms with Gasteiger partial charge in [0.1, 0.15) is 17.3 Å². The molecule has 0 unspecified atom stereocenters. The van der Waals surface area contributed by atoms with E-state index in [1.54, 1.807) is 18.2 Å². The van der Waals surface area contributed by atoms with Crippen molar-refractivity contribution >= 4 is 28.0 Å². The molecule has 3 aromatic carbocycles. The molecule has 0 atom stereocenters. The van der Waals surface area contributed by atoms with Crippen LogP contribution in [0.15, 0.2) is 89.8 Å². The lowest BCUT2D eigenvalue weighted by atomic mass is 10.0. The van der Waals surface area contributed by atoms with Gasteiger partial charge in [-0.15, -0.1) is 12.4 Å². The maximum absolute atomic E-state index is 12.3. The highest BCUT2D eigenvalue weighted by molar-refractivity contribution is 7.92.